The summed E-state index contributed by atoms with van der Waals surface area (Å²) in [6.45, 7) is 2.19. The maximum atomic E-state index is 3.46. The van der Waals surface area contributed by atoms with Gasteiger partial charge in [0.15, 0.2) is 0 Å². The highest BCUT2D eigenvalue weighted by Gasteiger charge is 2.20. The van der Waals surface area contributed by atoms with Gasteiger partial charge < -0.3 is 5.32 Å². The van der Waals surface area contributed by atoms with Crippen LogP contribution in [-0.2, 0) is 13.0 Å². The molecule has 1 saturated heterocycles. The lowest BCUT2D eigenvalue weighted by Crippen LogP contribution is -2.30. The van der Waals surface area contributed by atoms with Gasteiger partial charge in [-0.25, -0.2) is 0 Å². The number of nitrogens with zero attached hydrogens (tertiary/aromatic N) is 1. The van der Waals surface area contributed by atoms with E-state index in [1.807, 2.05) is 0 Å². The van der Waals surface area contributed by atoms with Gasteiger partial charge in [0.2, 0.25) is 0 Å². The second-order valence-corrected chi connectivity index (χ2v) is 6.25. The van der Waals surface area contributed by atoms with Gasteiger partial charge in [0.1, 0.15) is 0 Å². The SMILES string of the molecule is CN(Cc1ccc2c(c1)NCC2)C1CCSC1. The normalized spacial score (nSPS) is 22.8. The van der Waals surface area contributed by atoms with Gasteiger partial charge >= 0.3 is 0 Å². The van der Waals surface area contributed by atoms with E-state index in [0.717, 1.165) is 19.1 Å². The summed E-state index contributed by atoms with van der Waals surface area (Å²) >= 11 is 2.09. The zero-order chi connectivity index (χ0) is 11.7. The first-order valence-electron chi connectivity index (χ1n) is 6.46. The topological polar surface area (TPSA) is 15.3 Å². The van der Waals surface area contributed by atoms with E-state index in [0.29, 0.717) is 0 Å². The quantitative estimate of drug-likeness (QED) is 0.885. The molecule has 1 N–H and O–H groups in total. The molecule has 0 spiro atoms. The van der Waals surface area contributed by atoms with Crippen LogP contribution in [-0.4, -0.2) is 36.0 Å². The predicted octanol–water partition coefficient (Wildman–Crippen LogP) is 2.59. The minimum absolute atomic E-state index is 0.779. The Morgan fingerprint density at radius 2 is 2.41 bits per heavy atom. The predicted molar refractivity (Wildman–Crippen MR) is 75.8 cm³/mol. The smallest absolute Gasteiger partial charge is 0.0376 e. The molecule has 1 unspecified atom stereocenters. The molecule has 0 aromatic heterocycles. The van der Waals surface area contributed by atoms with E-state index in [2.05, 4.69) is 47.2 Å². The highest BCUT2D eigenvalue weighted by atomic mass is 32.2. The Morgan fingerprint density at radius 3 is 3.24 bits per heavy atom. The van der Waals surface area contributed by atoms with Crippen molar-refractivity contribution in [2.45, 2.75) is 25.4 Å². The molecule has 0 aliphatic carbocycles. The first-order chi connectivity index (χ1) is 8.33. The number of thioether (sulfide) groups is 1. The summed E-state index contributed by atoms with van der Waals surface area (Å²) in [6.07, 6.45) is 2.54. The Labute approximate surface area is 108 Å². The van der Waals surface area contributed by atoms with Crippen LogP contribution in [0, 0.1) is 0 Å². The van der Waals surface area contributed by atoms with Gasteiger partial charge in [0.05, 0.1) is 0 Å². The average molecular weight is 248 g/mol. The van der Waals surface area contributed by atoms with Crippen LogP contribution >= 0.6 is 11.8 Å². The van der Waals surface area contributed by atoms with E-state index < -0.39 is 0 Å². The molecule has 0 amide bonds. The summed E-state index contributed by atoms with van der Waals surface area (Å²) in [5, 5.41) is 3.46. The molecule has 2 nitrogen and oxygen atoms in total. The Bertz CT molecular complexity index is 399. The van der Waals surface area contributed by atoms with Gasteiger partial charge in [-0.2, -0.15) is 11.8 Å². The third-order valence-electron chi connectivity index (χ3n) is 3.85. The van der Waals surface area contributed by atoms with Crippen molar-refractivity contribution in [1.29, 1.82) is 0 Å². The fraction of sp³-hybridized carbons (Fsp3) is 0.571. The number of rotatable bonds is 3. The van der Waals surface area contributed by atoms with Crippen molar-refractivity contribution in [1.82, 2.24) is 4.90 Å². The van der Waals surface area contributed by atoms with Crippen LogP contribution < -0.4 is 5.32 Å². The van der Waals surface area contributed by atoms with Crippen LogP contribution in [0.1, 0.15) is 17.5 Å². The van der Waals surface area contributed by atoms with Crippen LogP contribution in [0.2, 0.25) is 0 Å². The second kappa shape index (κ2) is 4.91. The molecular weight excluding hydrogens is 228 g/mol. The summed E-state index contributed by atoms with van der Waals surface area (Å²) < 4.78 is 0. The van der Waals surface area contributed by atoms with Crippen LogP contribution in [0.3, 0.4) is 0 Å². The minimum atomic E-state index is 0.779. The van der Waals surface area contributed by atoms with Crippen molar-refractivity contribution in [3.05, 3.63) is 29.3 Å². The average Bonchev–Trinajstić information content (AvgIpc) is 2.99. The molecule has 2 aliphatic rings. The fourth-order valence-corrected chi connectivity index (χ4v) is 4.02. The summed E-state index contributed by atoms with van der Waals surface area (Å²) in [6, 6.07) is 7.70. The second-order valence-electron chi connectivity index (χ2n) is 5.10. The van der Waals surface area contributed by atoms with Gasteiger partial charge in [-0.15, -0.1) is 0 Å². The maximum absolute atomic E-state index is 3.46. The molecule has 1 aromatic rings. The molecule has 0 bridgehead atoms. The van der Waals surface area contributed by atoms with Crippen molar-refractivity contribution in [3.63, 3.8) is 0 Å². The minimum Gasteiger partial charge on any atom is -0.384 e. The Morgan fingerprint density at radius 1 is 1.47 bits per heavy atom. The maximum Gasteiger partial charge on any atom is 0.0376 e. The summed E-state index contributed by atoms with van der Waals surface area (Å²) in [5.74, 6) is 2.64. The molecule has 92 valence electrons. The van der Waals surface area contributed by atoms with E-state index in [4.69, 9.17) is 0 Å². The number of benzene rings is 1. The van der Waals surface area contributed by atoms with E-state index in [1.54, 1.807) is 0 Å². The van der Waals surface area contributed by atoms with Gasteiger partial charge in [0, 0.05) is 30.6 Å². The van der Waals surface area contributed by atoms with Gasteiger partial charge in [0.25, 0.3) is 0 Å². The molecule has 1 aromatic carbocycles. The number of hydrogen-bond acceptors (Lipinski definition) is 3. The number of hydrogen-bond donors (Lipinski definition) is 1. The first-order valence-corrected chi connectivity index (χ1v) is 7.62. The van der Waals surface area contributed by atoms with Crippen molar-refractivity contribution in [2.75, 3.05) is 30.4 Å². The van der Waals surface area contributed by atoms with Crippen LogP contribution in [0.25, 0.3) is 0 Å². The monoisotopic (exact) mass is 248 g/mol. The first kappa shape index (κ1) is 11.4. The van der Waals surface area contributed by atoms with Gasteiger partial charge in [-0.3, -0.25) is 4.90 Å². The molecule has 2 heterocycles. The zero-order valence-corrected chi connectivity index (χ0v) is 11.2. The lowest BCUT2D eigenvalue weighted by molar-refractivity contribution is 0.254. The lowest BCUT2D eigenvalue weighted by atomic mass is 10.1. The Balaban J connectivity index is 1.68. The van der Waals surface area contributed by atoms with Crippen LogP contribution in [0.4, 0.5) is 5.69 Å². The summed E-state index contributed by atoms with van der Waals surface area (Å²) in [5.41, 5.74) is 4.28. The molecule has 2 aliphatic heterocycles. The molecule has 0 saturated carbocycles. The summed E-state index contributed by atoms with van der Waals surface area (Å²) in [7, 11) is 2.26. The van der Waals surface area contributed by atoms with E-state index in [-0.39, 0.29) is 0 Å². The van der Waals surface area contributed by atoms with Crippen LogP contribution in [0.15, 0.2) is 18.2 Å². The lowest BCUT2D eigenvalue weighted by Gasteiger charge is -2.23. The fourth-order valence-electron chi connectivity index (χ4n) is 2.72. The van der Waals surface area contributed by atoms with Crippen molar-refractivity contribution < 1.29 is 0 Å². The zero-order valence-electron chi connectivity index (χ0n) is 10.4. The van der Waals surface area contributed by atoms with Gasteiger partial charge in [-0.05, 0) is 42.8 Å². The molecule has 1 atom stereocenters. The molecule has 1 fully saturated rings. The van der Waals surface area contributed by atoms with Crippen molar-refractivity contribution >= 4 is 17.4 Å². The third-order valence-corrected chi connectivity index (χ3v) is 4.99. The molecule has 0 radical (unpaired) electrons. The number of anilines is 1. The molecule has 17 heavy (non-hydrogen) atoms. The van der Waals surface area contributed by atoms with E-state index in [9.17, 15) is 0 Å². The molecule has 3 heteroatoms. The van der Waals surface area contributed by atoms with E-state index in [1.165, 1.54) is 41.2 Å². The van der Waals surface area contributed by atoms with Crippen LogP contribution in [0.5, 0.6) is 0 Å². The Kier molecular flexibility index (Phi) is 3.30. The molecule has 3 rings (SSSR count). The third kappa shape index (κ3) is 2.45. The summed E-state index contributed by atoms with van der Waals surface area (Å²) in [4.78, 5) is 2.51. The Hall–Kier alpha value is -0.670. The standard InChI is InChI=1S/C14H20N2S/c1-16(13-5-7-17-10-13)9-11-2-3-12-4-6-15-14(12)8-11/h2-3,8,13,15H,4-7,9-10H2,1H3. The largest absolute Gasteiger partial charge is 0.384 e. The van der Waals surface area contributed by atoms with Crippen molar-refractivity contribution in [3.8, 4) is 0 Å². The highest BCUT2D eigenvalue weighted by Crippen LogP contribution is 2.26. The van der Waals surface area contributed by atoms with E-state index >= 15 is 0 Å². The van der Waals surface area contributed by atoms with Gasteiger partial charge in [-0.1, -0.05) is 12.1 Å². The highest BCUT2D eigenvalue weighted by molar-refractivity contribution is 7.99. The molecular formula is C14H20N2S. The number of fused-ring (bicyclic) bond motifs is 1. The van der Waals surface area contributed by atoms with Crippen molar-refractivity contribution in [2.24, 2.45) is 0 Å². The number of nitrogens with one attached hydrogen (secondary N) is 1.